The quantitative estimate of drug-likeness (QED) is 0.855. The van der Waals surface area contributed by atoms with Crippen LogP contribution in [0.1, 0.15) is 30.4 Å². The molecule has 0 amide bonds. The maximum Gasteiger partial charge on any atom is 0.206 e. The molecule has 1 N–H and O–H groups in total. The lowest BCUT2D eigenvalue weighted by atomic mass is 9.99. The first kappa shape index (κ1) is 13.3. The second-order valence-electron chi connectivity index (χ2n) is 6.09. The van der Waals surface area contributed by atoms with Gasteiger partial charge >= 0.3 is 0 Å². The SMILES string of the molecule is Cc1c(Br)cc2nc(N3CCC(=N)CC3)n3c2c1CCC3. The molecule has 0 aliphatic carbocycles. The summed E-state index contributed by atoms with van der Waals surface area (Å²) in [6.07, 6.45) is 4.08. The van der Waals surface area contributed by atoms with Crippen molar-refractivity contribution < 1.29 is 0 Å². The molecule has 0 spiro atoms. The van der Waals surface area contributed by atoms with Crippen LogP contribution in [0.4, 0.5) is 5.95 Å². The van der Waals surface area contributed by atoms with Gasteiger partial charge in [0.2, 0.25) is 5.95 Å². The van der Waals surface area contributed by atoms with Gasteiger partial charge in [-0.3, -0.25) is 0 Å². The molecule has 2 aliphatic rings. The van der Waals surface area contributed by atoms with Gasteiger partial charge < -0.3 is 14.9 Å². The second kappa shape index (κ2) is 4.83. The minimum atomic E-state index is 0.874. The van der Waals surface area contributed by atoms with Crippen LogP contribution in [-0.4, -0.2) is 28.4 Å². The topological polar surface area (TPSA) is 44.9 Å². The molecule has 0 saturated carbocycles. The molecular formula is C16H19BrN4. The lowest BCUT2D eigenvalue weighted by Crippen LogP contribution is -2.35. The van der Waals surface area contributed by atoms with Crippen molar-refractivity contribution in [1.29, 1.82) is 5.41 Å². The highest BCUT2D eigenvalue weighted by Crippen LogP contribution is 2.36. The number of hydrogen-bond acceptors (Lipinski definition) is 3. The van der Waals surface area contributed by atoms with Gasteiger partial charge in [-0.25, -0.2) is 4.98 Å². The highest BCUT2D eigenvalue weighted by molar-refractivity contribution is 9.10. The second-order valence-corrected chi connectivity index (χ2v) is 6.94. The van der Waals surface area contributed by atoms with E-state index in [1.54, 1.807) is 0 Å². The summed E-state index contributed by atoms with van der Waals surface area (Å²) < 4.78 is 3.58. The van der Waals surface area contributed by atoms with Crippen LogP contribution < -0.4 is 4.90 Å². The van der Waals surface area contributed by atoms with Gasteiger partial charge in [-0.1, -0.05) is 15.9 Å². The third kappa shape index (κ3) is 2.01. The summed E-state index contributed by atoms with van der Waals surface area (Å²) in [5, 5.41) is 7.79. The Kier molecular flexibility index (Phi) is 3.06. The number of imidazole rings is 1. The summed E-state index contributed by atoms with van der Waals surface area (Å²) in [5.41, 5.74) is 6.13. The number of nitrogens with zero attached hydrogens (tertiary/aromatic N) is 3. The Morgan fingerprint density at radius 2 is 1.95 bits per heavy atom. The van der Waals surface area contributed by atoms with Crippen molar-refractivity contribution >= 4 is 38.6 Å². The van der Waals surface area contributed by atoms with Crippen LogP contribution in [0.2, 0.25) is 0 Å². The molecule has 2 aliphatic heterocycles. The Labute approximate surface area is 132 Å². The third-order valence-corrected chi connectivity index (χ3v) is 5.62. The Morgan fingerprint density at radius 3 is 2.71 bits per heavy atom. The standard InChI is InChI=1S/C16H19BrN4/c1-10-12-3-2-6-21-15(12)14(9-13(10)17)19-16(21)20-7-4-11(18)5-8-20/h9,18H,2-8H2,1H3. The highest BCUT2D eigenvalue weighted by Gasteiger charge is 2.25. The van der Waals surface area contributed by atoms with Crippen LogP contribution in [0.25, 0.3) is 11.0 Å². The van der Waals surface area contributed by atoms with Gasteiger partial charge in [0.1, 0.15) is 0 Å². The summed E-state index contributed by atoms with van der Waals surface area (Å²) in [4.78, 5) is 7.28. The first-order chi connectivity index (χ1) is 10.1. The highest BCUT2D eigenvalue weighted by atomic mass is 79.9. The fourth-order valence-corrected chi connectivity index (χ4v) is 4.03. The van der Waals surface area contributed by atoms with Crippen molar-refractivity contribution in [3.05, 3.63) is 21.7 Å². The van der Waals surface area contributed by atoms with Gasteiger partial charge in [-0.2, -0.15) is 0 Å². The molecule has 21 heavy (non-hydrogen) atoms. The third-order valence-electron chi connectivity index (χ3n) is 4.79. The number of nitrogens with one attached hydrogen (secondary N) is 1. The van der Waals surface area contributed by atoms with Crippen LogP contribution >= 0.6 is 15.9 Å². The van der Waals surface area contributed by atoms with Crippen LogP contribution in [0.5, 0.6) is 0 Å². The number of rotatable bonds is 1. The Bertz CT molecular complexity index is 737. The van der Waals surface area contributed by atoms with E-state index in [2.05, 4.69) is 38.4 Å². The predicted molar refractivity (Wildman–Crippen MR) is 89.7 cm³/mol. The summed E-state index contributed by atoms with van der Waals surface area (Å²) in [7, 11) is 0. The minimum absolute atomic E-state index is 0.874. The van der Waals surface area contributed by atoms with Crippen LogP contribution in [0.15, 0.2) is 10.5 Å². The number of benzene rings is 1. The van der Waals surface area contributed by atoms with Gasteiger partial charge in [-0.05, 0) is 37.0 Å². The molecule has 110 valence electrons. The Morgan fingerprint density at radius 1 is 1.19 bits per heavy atom. The van der Waals surface area contributed by atoms with Crippen molar-refractivity contribution in [2.24, 2.45) is 0 Å². The van der Waals surface area contributed by atoms with E-state index in [-0.39, 0.29) is 0 Å². The number of halogens is 1. The summed E-state index contributed by atoms with van der Waals surface area (Å²) in [6.45, 7) is 5.12. The number of piperidine rings is 1. The monoisotopic (exact) mass is 346 g/mol. The molecule has 0 bridgehead atoms. The Hall–Kier alpha value is -1.36. The van der Waals surface area contributed by atoms with Crippen LogP contribution in [-0.2, 0) is 13.0 Å². The smallest absolute Gasteiger partial charge is 0.206 e. The number of aryl methyl sites for hydroxylation is 2. The van der Waals surface area contributed by atoms with E-state index in [1.165, 1.54) is 27.5 Å². The molecule has 4 rings (SSSR count). The van der Waals surface area contributed by atoms with E-state index < -0.39 is 0 Å². The van der Waals surface area contributed by atoms with Crippen molar-refractivity contribution in [2.45, 2.75) is 39.2 Å². The molecule has 4 nitrogen and oxygen atoms in total. The van der Waals surface area contributed by atoms with E-state index in [9.17, 15) is 0 Å². The molecular weight excluding hydrogens is 328 g/mol. The van der Waals surface area contributed by atoms with Crippen molar-refractivity contribution in [2.75, 3.05) is 18.0 Å². The van der Waals surface area contributed by atoms with Gasteiger partial charge in [0, 0.05) is 42.7 Å². The molecule has 0 unspecified atom stereocenters. The lowest BCUT2D eigenvalue weighted by Gasteiger charge is -2.29. The zero-order chi connectivity index (χ0) is 14.6. The first-order valence-electron chi connectivity index (χ1n) is 7.64. The average molecular weight is 347 g/mol. The molecule has 5 heteroatoms. The Balaban J connectivity index is 1.88. The summed E-state index contributed by atoms with van der Waals surface area (Å²) in [5.74, 6) is 1.11. The number of anilines is 1. The van der Waals surface area contributed by atoms with Gasteiger partial charge in [-0.15, -0.1) is 0 Å². The lowest BCUT2D eigenvalue weighted by molar-refractivity contribution is 0.608. The van der Waals surface area contributed by atoms with Crippen LogP contribution in [0, 0.1) is 12.3 Å². The zero-order valence-electron chi connectivity index (χ0n) is 12.2. The van der Waals surface area contributed by atoms with E-state index in [0.29, 0.717) is 0 Å². The first-order valence-corrected chi connectivity index (χ1v) is 8.44. The van der Waals surface area contributed by atoms with Crippen LogP contribution in [0.3, 0.4) is 0 Å². The summed E-state index contributed by atoms with van der Waals surface area (Å²) in [6, 6.07) is 2.16. The molecule has 2 aromatic rings. The zero-order valence-corrected chi connectivity index (χ0v) is 13.8. The largest absolute Gasteiger partial charge is 0.341 e. The van der Waals surface area contributed by atoms with E-state index in [1.807, 2.05) is 0 Å². The average Bonchev–Trinajstić information content (AvgIpc) is 2.85. The molecule has 1 aromatic carbocycles. The molecule has 0 atom stereocenters. The van der Waals surface area contributed by atoms with Crippen molar-refractivity contribution in [3.63, 3.8) is 0 Å². The molecule has 1 aromatic heterocycles. The van der Waals surface area contributed by atoms with Crippen molar-refractivity contribution in [3.8, 4) is 0 Å². The molecule has 3 heterocycles. The fraction of sp³-hybridized carbons (Fsp3) is 0.500. The summed E-state index contributed by atoms with van der Waals surface area (Å²) >= 11 is 3.68. The number of hydrogen-bond donors (Lipinski definition) is 1. The van der Waals surface area contributed by atoms with E-state index in [0.717, 1.165) is 56.1 Å². The molecule has 0 radical (unpaired) electrons. The van der Waals surface area contributed by atoms with Crippen molar-refractivity contribution in [1.82, 2.24) is 9.55 Å². The van der Waals surface area contributed by atoms with Gasteiger partial charge in [0.25, 0.3) is 0 Å². The predicted octanol–water partition coefficient (Wildman–Crippen LogP) is 3.67. The maximum atomic E-state index is 7.79. The van der Waals surface area contributed by atoms with Gasteiger partial charge in [0.05, 0.1) is 11.0 Å². The maximum absolute atomic E-state index is 7.79. The minimum Gasteiger partial charge on any atom is -0.341 e. The molecule has 1 saturated heterocycles. The molecule has 1 fully saturated rings. The van der Waals surface area contributed by atoms with E-state index in [4.69, 9.17) is 10.4 Å². The van der Waals surface area contributed by atoms with Gasteiger partial charge in [0.15, 0.2) is 0 Å². The van der Waals surface area contributed by atoms with E-state index >= 15 is 0 Å². The fourth-order valence-electron chi connectivity index (χ4n) is 3.58. The normalized spacial score (nSPS) is 18.6. The number of aromatic nitrogens is 2.